The lowest BCUT2D eigenvalue weighted by Gasteiger charge is -2.14. The number of hydrogen-bond acceptors (Lipinski definition) is 4. The van der Waals surface area contributed by atoms with Gasteiger partial charge in [-0.15, -0.1) is 0 Å². The molecule has 1 unspecified atom stereocenters. The molecule has 0 bridgehead atoms. The summed E-state index contributed by atoms with van der Waals surface area (Å²) in [6.45, 7) is -2.68. The molecule has 2 heterocycles. The Balaban J connectivity index is 2.09. The second-order valence-electron chi connectivity index (χ2n) is 5.10. The molecule has 7 nitrogen and oxygen atoms in total. The summed E-state index contributed by atoms with van der Waals surface area (Å²) in [7, 11) is 1.20. The first kappa shape index (κ1) is 10.7. The van der Waals surface area contributed by atoms with Crippen LogP contribution in [0.3, 0.4) is 0 Å². The van der Waals surface area contributed by atoms with E-state index in [1.54, 1.807) is 0 Å². The number of aryl methyl sites for hydroxylation is 1. The van der Waals surface area contributed by atoms with Gasteiger partial charge >= 0.3 is 11.8 Å². The van der Waals surface area contributed by atoms with E-state index in [0.717, 1.165) is 0 Å². The summed E-state index contributed by atoms with van der Waals surface area (Å²) in [5.74, 6) is 0. The van der Waals surface area contributed by atoms with Gasteiger partial charge in [-0.3, -0.25) is 9.13 Å². The Morgan fingerprint density at radius 1 is 1.59 bits per heavy atom. The van der Waals surface area contributed by atoms with E-state index in [2.05, 4.69) is 15.0 Å². The molecule has 22 heavy (non-hydrogen) atoms. The lowest BCUT2D eigenvalue weighted by Crippen LogP contribution is -2.33. The molecule has 0 saturated heterocycles. The molecule has 118 valence electrons. The highest BCUT2D eigenvalue weighted by Crippen LogP contribution is 2.32. The molecule has 1 fully saturated rings. The molecular weight excluding hydrogens is 308 g/mol. The van der Waals surface area contributed by atoms with E-state index in [4.69, 9.17) is 17.1 Å². The molecule has 1 aliphatic rings. The first-order valence-electron chi connectivity index (χ1n) is 8.71. The van der Waals surface area contributed by atoms with Gasteiger partial charge in [-0.05, 0) is 19.3 Å². The van der Waals surface area contributed by atoms with Gasteiger partial charge in [0, 0.05) is 29.2 Å². The average molecular weight is 329 g/mol. The first-order valence-corrected chi connectivity index (χ1v) is 7.09. The lowest BCUT2D eigenvalue weighted by atomic mass is 10.2. The summed E-state index contributed by atoms with van der Waals surface area (Å²) in [5, 5.41) is 2.58. The minimum absolute atomic E-state index is 0.122. The van der Waals surface area contributed by atoms with Gasteiger partial charge in [-0.1, -0.05) is 11.6 Å². The largest absolute Gasteiger partial charge is 0.453 e. The van der Waals surface area contributed by atoms with Crippen LogP contribution in [0.5, 0.6) is 0 Å². The number of pyridine rings is 1. The molecule has 8 heteroatoms. The summed E-state index contributed by atoms with van der Waals surface area (Å²) in [4.78, 5) is 28.2. The maximum atomic E-state index is 12.8. The van der Waals surface area contributed by atoms with Crippen LogP contribution < -0.4 is 11.0 Å². The second-order valence-corrected chi connectivity index (χ2v) is 5.49. The number of carbonyl (C=O) groups is 1. The van der Waals surface area contributed by atoms with E-state index in [0.29, 0.717) is 22.9 Å². The van der Waals surface area contributed by atoms with Gasteiger partial charge in [0.15, 0.2) is 0 Å². The Morgan fingerprint density at radius 3 is 3.14 bits per heavy atom. The number of nitrogens with one attached hydrogen (secondary N) is 1. The molecule has 0 spiro atoms. The molecule has 3 rings (SSSR count). The summed E-state index contributed by atoms with van der Waals surface area (Å²) >= 11 is 5.93. The normalized spacial score (nSPS) is 27.8. The minimum atomic E-state index is -2.68. The predicted octanol–water partition coefficient (Wildman–Crippen LogP) is 1.84. The molecule has 0 aromatic carbocycles. The van der Waals surface area contributed by atoms with Crippen molar-refractivity contribution in [3.8, 4) is 0 Å². The van der Waals surface area contributed by atoms with Gasteiger partial charge in [-0.2, -0.15) is 0 Å². The highest BCUT2D eigenvalue weighted by molar-refractivity contribution is 6.29. The Bertz CT molecular complexity index is 925. The maximum absolute atomic E-state index is 12.8. The fourth-order valence-electron chi connectivity index (χ4n) is 2.80. The van der Waals surface area contributed by atoms with Crippen LogP contribution in [0.2, 0.25) is 5.15 Å². The van der Waals surface area contributed by atoms with Crippen molar-refractivity contribution in [1.82, 2.24) is 19.4 Å². The standard InChI is InChI=1S/C14H17ClN4O3/c1-18-11-7-16-12(15)6-10(11)19(14(18)21)9-4-3-8(5-9)17-13(20)22-2/h6-9H,3-5H2,1-2H3,(H,17,20)/t8?,9-/m1/s1/i1D3,8D. The van der Waals surface area contributed by atoms with E-state index >= 15 is 0 Å². The van der Waals surface area contributed by atoms with Crippen molar-refractivity contribution >= 4 is 28.7 Å². The van der Waals surface area contributed by atoms with Crippen LogP contribution in [0, 0.1) is 0 Å². The fraction of sp³-hybridized carbons (Fsp3) is 0.500. The number of halogens is 1. The van der Waals surface area contributed by atoms with Crippen LogP contribution in [0.1, 0.15) is 30.8 Å². The number of nitrogens with zero attached hydrogens (tertiary/aromatic N) is 3. The number of ether oxygens (including phenoxy) is 1. The van der Waals surface area contributed by atoms with Crippen LogP contribution in [0.15, 0.2) is 17.1 Å². The van der Waals surface area contributed by atoms with Crippen molar-refractivity contribution in [2.45, 2.75) is 31.3 Å². The zero-order chi connectivity index (χ0) is 19.3. The molecule has 1 aliphatic carbocycles. The zero-order valence-electron chi connectivity index (χ0n) is 15.8. The fourth-order valence-corrected chi connectivity index (χ4v) is 2.96. The number of methoxy groups -OCH3 is 1. The second kappa shape index (κ2) is 5.64. The van der Waals surface area contributed by atoms with E-state index in [-0.39, 0.29) is 17.1 Å². The van der Waals surface area contributed by atoms with Gasteiger partial charge < -0.3 is 10.1 Å². The Labute approximate surface area is 137 Å². The van der Waals surface area contributed by atoms with Gasteiger partial charge in [-0.25, -0.2) is 14.6 Å². The summed E-state index contributed by atoms with van der Waals surface area (Å²) in [6.07, 6.45) is 1.34. The van der Waals surface area contributed by atoms with Crippen molar-refractivity contribution in [3.63, 3.8) is 0 Å². The monoisotopic (exact) mass is 328 g/mol. The number of imidazole rings is 1. The number of hydrogen-bond donors (Lipinski definition) is 1. The highest BCUT2D eigenvalue weighted by Gasteiger charge is 2.30. The first-order chi connectivity index (χ1) is 12.1. The molecule has 0 radical (unpaired) electrons. The van der Waals surface area contributed by atoms with Crippen LogP contribution in [0.25, 0.3) is 11.0 Å². The quantitative estimate of drug-likeness (QED) is 0.853. The number of rotatable bonds is 2. The number of fused-ring (bicyclic) bond motifs is 1. The summed E-state index contributed by atoms with van der Waals surface area (Å²) in [5.41, 5.74) is -0.252. The number of amides is 1. The number of alkyl carbamates (subject to hydrolysis) is 1. The number of aromatic nitrogens is 3. The Kier molecular flexibility index (Phi) is 2.73. The lowest BCUT2D eigenvalue weighted by molar-refractivity contribution is 0.166. The third kappa shape index (κ3) is 2.45. The Morgan fingerprint density at radius 2 is 2.41 bits per heavy atom. The highest BCUT2D eigenvalue weighted by atomic mass is 35.5. The van der Waals surface area contributed by atoms with Crippen LogP contribution in [-0.2, 0) is 11.7 Å². The zero-order valence-corrected chi connectivity index (χ0v) is 12.6. The SMILES string of the molecule is [2H]C1(NC(=O)OC)CC[C@@H](n2c(=O)n(C([2H])([2H])[2H])c3cnc(Cl)cc32)C1. The van der Waals surface area contributed by atoms with E-state index < -0.39 is 30.8 Å². The van der Waals surface area contributed by atoms with E-state index in [9.17, 15) is 9.59 Å². The molecule has 0 aliphatic heterocycles. The van der Waals surface area contributed by atoms with Gasteiger partial charge in [0.25, 0.3) is 0 Å². The van der Waals surface area contributed by atoms with Crippen LogP contribution in [0.4, 0.5) is 4.79 Å². The van der Waals surface area contributed by atoms with Gasteiger partial charge in [0.05, 0.1) is 25.7 Å². The summed E-state index contributed by atoms with van der Waals surface area (Å²) in [6, 6.07) is -0.345. The predicted molar refractivity (Wildman–Crippen MR) is 82.2 cm³/mol. The van der Waals surface area contributed by atoms with Crippen LogP contribution >= 0.6 is 11.6 Å². The third-order valence-corrected chi connectivity index (χ3v) is 4.02. The molecule has 2 aromatic heterocycles. The van der Waals surface area contributed by atoms with Crippen LogP contribution in [-0.4, -0.2) is 33.3 Å². The molecule has 2 aromatic rings. The van der Waals surface area contributed by atoms with Crippen molar-refractivity contribution < 1.29 is 15.0 Å². The third-order valence-electron chi connectivity index (χ3n) is 3.82. The van der Waals surface area contributed by atoms with Crippen molar-refractivity contribution in [2.75, 3.05) is 7.11 Å². The summed E-state index contributed by atoms with van der Waals surface area (Å²) < 4.78 is 37.8. The van der Waals surface area contributed by atoms with E-state index in [1.165, 1.54) is 23.9 Å². The smallest absolute Gasteiger partial charge is 0.407 e. The topological polar surface area (TPSA) is 78.1 Å². The van der Waals surface area contributed by atoms with Gasteiger partial charge in [0.1, 0.15) is 5.15 Å². The van der Waals surface area contributed by atoms with Crippen molar-refractivity contribution in [2.24, 2.45) is 6.98 Å². The van der Waals surface area contributed by atoms with Crippen molar-refractivity contribution in [3.05, 3.63) is 27.9 Å². The molecule has 1 saturated carbocycles. The molecule has 1 amide bonds. The van der Waals surface area contributed by atoms with Gasteiger partial charge in [0.2, 0.25) is 0 Å². The minimum Gasteiger partial charge on any atom is -0.453 e. The van der Waals surface area contributed by atoms with Crippen molar-refractivity contribution in [1.29, 1.82) is 0 Å². The maximum Gasteiger partial charge on any atom is 0.407 e. The average Bonchev–Trinajstić information content (AvgIpc) is 3.03. The molecule has 1 N–H and O–H groups in total. The molecule has 2 atom stereocenters. The Hall–Kier alpha value is -2.02. The van der Waals surface area contributed by atoms with E-state index in [1.807, 2.05) is 0 Å². The molecular formula is C14H17ClN4O3. The number of carbonyl (C=O) groups excluding carboxylic acids is 1.